The molecule has 10 heavy (non-hydrogen) atoms. The number of hydrogen-bond donors (Lipinski definition) is 0. The van der Waals surface area contributed by atoms with E-state index in [0.717, 1.165) is 0 Å². The van der Waals surface area contributed by atoms with Crippen LogP contribution in [0.1, 0.15) is 13.8 Å². The summed E-state index contributed by atoms with van der Waals surface area (Å²) in [5, 5.41) is 0. The van der Waals surface area contributed by atoms with Gasteiger partial charge in [-0.25, -0.2) is 8.42 Å². The second kappa shape index (κ2) is 6.07. The average Bonchev–Trinajstić information content (AvgIpc) is 1.59. The van der Waals surface area contributed by atoms with Crippen LogP contribution in [-0.2, 0) is 14.6 Å². The maximum absolute atomic E-state index is 9.76. The van der Waals surface area contributed by atoms with Gasteiger partial charge in [-0.05, 0) is 5.92 Å². The third-order valence-electron chi connectivity index (χ3n) is 0.546. The summed E-state index contributed by atoms with van der Waals surface area (Å²) in [4.78, 5) is 0. The van der Waals surface area contributed by atoms with Crippen LogP contribution in [0.5, 0.6) is 0 Å². The van der Waals surface area contributed by atoms with E-state index in [1.165, 1.54) is 0 Å². The third kappa shape index (κ3) is 12.2. The Morgan fingerprint density at radius 1 is 1.50 bits per heavy atom. The first-order valence-electron chi connectivity index (χ1n) is 2.52. The monoisotopic (exact) mass is 192 g/mol. The first-order chi connectivity index (χ1) is 3.92. The summed E-state index contributed by atoms with van der Waals surface area (Å²) in [6, 6.07) is 0. The van der Waals surface area contributed by atoms with E-state index in [1.54, 1.807) is 13.8 Å². The molecule has 0 fully saturated rings. The van der Waals surface area contributed by atoms with Gasteiger partial charge in [0, 0.05) is 0 Å². The van der Waals surface area contributed by atoms with Gasteiger partial charge in [0.2, 0.25) is 10.4 Å². The van der Waals surface area contributed by atoms with Crippen LogP contribution in [0, 0.1) is 5.92 Å². The Morgan fingerprint density at radius 3 is 2.00 bits per heavy atom. The number of hydrogen-bond acceptors (Lipinski definition) is 4. The van der Waals surface area contributed by atoms with Gasteiger partial charge in [-0.2, -0.15) is 0 Å². The molecule has 0 bridgehead atoms. The van der Waals surface area contributed by atoms with E-state index in [1.807, 2.05) is 0 Å². The zero-order valence-corrected chi connectivity index (χ0v) is 10.3. The van der Waals surface area contributed by atoms with Crippen LogP contribution >= 0.6 is 0 Å². The zero-order valence-electron chi connectivity index (χ0n) is 6.33. The SMILES string of the molecule is CC(C)COS(=O)(=O)[O-].[K+]. The van der Waals surface area contributed by atoms with Crippen LogP contribution in [0.3, 0.4) is 0 Å². The van der Waals surface area contributed by atoms with Crippen molar-refractivity contribution in [3.05, 3.63) is 0 Å². The van der Waals surface area contributed by atoms with Crippen molar-refractivity contribution in [2.24, 2.45) is 5.92 Å². The fraction of sp³-hybridized carbons (Fsp3) is 1.00. The van der Waals surface area contributed by atoms with E-state index < -0.39 is 10.4 Å². The Kier molecular flexibility index (Phi) is 8.53. The molecule has 0 saturated carbocycles. The van der Waals surface area contributed by atoms with Gasteiger partial charge < -0.3 is 4.55 Å². The van der Waals surface area contributed by atoms with Crippen molar-refractivity contribution in [3.8, 4) is 0 Å². The summed E-state index contributed by atoms with van der Waals surface area (Å²) in [7, 11) is -4.47. The molecule has 0 aromatic carbocycles. The van der Waals surface area contributed by atoms with Crippen LogP contribution in [0.25, 0.3) is 0 Å². The standard InChI is InChI=1S/C4H10O4S.K/c1-4(2)3-8-9(5,6)7;/h4H,3H2,1-2H3,(H,5,6,7);/q;+1/p-1. The van der Waals surface area contributed by atoms with Crippen molar-refractivity contribution in [1.82, 2.24) is 0 Å². The molecule has 0 rings (SSSR count). The molecule has 0 atom stereocenters. The molecule has 0 aliphatic heterocycles. The molecule has 0 aliphatic carbocycles. The molecule has 0 saturated heterocycles. The largest absolute Gasteiger partial charge is 1.00 e. The van der Waals surface area contributed by atoms with E-state index in [-0.39, 0.29) is 63.9 Å². The van der Waals surface area contributed by atoms with E-state index >= 15 is 0 Å². The molecule has 6 heteroatoms. The summed E-state index contributed by atoms with van der Waals surface area (Å²) in [5.41, 5.74) is 0. The van der Waals surface area contributed by atoms with Gasteiger partial charge in [0.05, 0.1) is 6.61 Å². The van der Waals surface area contributed by atoms with Gasteiger partial charge in [0.25, 0.3) is 0 Å². The average molecular weight is 192 g/mol. The van der Waals surface area contributed by atoms with Crippen LogP contribution < -0.4 is 51.4 Å². The van der Waals surface area contributed by atoms with Crippen molar-refractivity contribution >= 4 is 10.4 Å². The Hall–Kier alpha value is 1.51. The van der Waals surface area contributed by atoms with E-state index in [2.05, 4.69) is 4.18 Å². The molecule has 0 aromatic heterocycles. The fourth-order valence-electron chi connectivity index (χ4n) is 0.219. The summed E-state index contributed by atoms with van der Waals surface area (Å²) in [6.07, 6.45) is 0. The molecule has 0 spiro atoms. The van der Waals surface area contributed by atoms with Crippen molar-refractivity contribution in [3.63, 3.8) is 0 Å². The molecule has 0 N–H and O–H groups in total. The van der Waals surface area contributed by atoms with Gasteiger partial charge in [-0.1, -0.05) is 13.8 Å². The van der Waals surface area contributed by atoms with E-state index in [0.29, 0.717) is 0 Å². The predicted molar refractivity (Wildman–Crippen MR) is 30.5 cm³/mol. The van der Waals surface area contributed by atoms with Gasteiger partial charge in [-0.3, -0.25) is 4.18 Å². The first kappa shape index (κ1) is 14.1. The Labute approximate surface area is 104 Å². The molecule has 0 unspecified atom stereocenters. The second-order valence-electron chi connectivity index (χ2n) is 2.09. The molecule has 0 radical (unpaired) electrons. The van der Waals surface area contributed by atoms with Crippen molar-refractivity contribution in [2.75, 3.05) is 6.61 Å². The van der Waals surface area contributed by atoms with Crippen molar-refractivity contribution in [2.45, 2.75) is 13.8 Å². The topological polar surface area (TPSA) is 66.4 Å². The van der Waals surface area contributed by atoms with Gasteiger partial charge in [-0.15, -0.1) is 0 Å². The smallest absolute Gasteiger partial charge is 0.726 e. The van der Waals surface area contributed by atoms with E-state index in [9.17, 15) is 13.0 Å². The van der Waals surface area contributed by atoms with Gasteiger partial charge in [0.1, 0.15) is 0 Å². The maximum atomic E-state index is 9.76. The maximum Gasteiger partial charge on any atom is 1.00 e. The van der Waals surface area contributed by atoms with Crippen LogP contribution in [-0.4, -0.2) is 19.6 Å². The summed E-state index contributed by atoms with van der Waals surface area (Å²) in [6.45, 7) is 3.47. The van der Waals surface area contributed by atoms with E-state index in [4.69, 9.17) is 0 Å². The molecule has 0 amide bonds. The Morgan fingerprint density at radius 2 is 1.90 bits per heavy atom. The first-order valence-corrected chi connectivity index (χ1v) is 3.85. The molecule has 0 aliphatic rings. The minimum Gasteiger partial charge on any atom is -0.726 e. The minimum atomic E-state index is -4.47. The van der Waals surface area contributed by atoms with Gasteiger partial charge in [0.15, 0.2) is 0 Å². The van der Waals surface area contributed by atoms with Crippen molar-refractivity contribution in [1.29, 1.82) is 0 Å². The van der Waals surface area contributed by atoms with Gasteiger partial charge >= 0.3 is 51.4 Å². The minimum absolute atomic E-state index is 0. The van der Waals surface area contributed by atoms with Crippen molar-refractivity contribution < 1.29 is 68.5 Å². The Balaban J connectivity index is 0. The van der Waals surface area contributed by atoms with Crippen LogP contribution in [0.2, 0.25) is 0 Å². The number of rotatable bonds is 3. The molecule has 0 aromatic rings. The quantitative estimate of drug-likeness (QED) is 0.274. The zero-order chi connectivity index (χ0) is 7.49. The second-order valence-corrected chi connectivity index (χ2v) is 3.14. The third-order valence-corrected chi connectivity index (χ3v) is 0.970. The normalized spacial score (nSPS) is 11.2. The fourth-order valence-corrected chi connectivity index (χ4v) is 0.658. The molecule has 0 heterocycles. The molecule has 56 valence electrons. The summed E-state index contributed by atoms with van der Waals surface area (Å²) < 4.78 is 33.2. The molecule has 4 nitrogen and oxygen atoms in total. The summed E-state index contributed by atoms with van der Waals surface area (Å²) >= 11 is 0. The van der Waals surface area contributed by atoms with Crippen LogP contribution in [0.15, 0.2) is 0 Å². The predicted octanol–water partition coefficient (Wildman–Crippen LogP) is -2.88. The molecular formula is C4H9KO4S. The van der Waals surface area contributed by atoms with Crippen LogP contribution in [0.4, 0.5) is 0 Å². The summed E-state index contributed by atoms with van der Waals surface area (Å²) in [5.74, 6) is 0.0636. The Bertz CT molecular complexity index is 162. The molecular weight excluding hydrogens is 183 g/mol.